The standard InChI is InChI=1S/C32H40N6/c1-8-24-27(17-35-30-16-22(6)15-23(7)36-30)25(9-2)32(38-19-21(5)12-14-29(38)34)26(10-3)31(24)37-18-20(4)11-13-28(37)33/h11-16,18-19,33-34H,8-10,17H2,1-7H3,(H,35,36)/p+2. The highest BCUT2D eigenvalue weighted by molar-refractivity contribution is 5.62. The van der Waals surface area contributed by atoms with E-state index in [9.17, 15) is 0 Å². The number of nitrogens with zero attached hydrogens (tertiary/aromatic N) is 3. The maximum atomic E-state index is 6.64. The maximum Gasteiger partial charge on any atom is 0.277 e. The molecule has 5 N–H and O–H groups in total. The van der Waals surface area contributed by atoms with E-state index in [1.54, 1.807) is 0 Å². The predicted molar refractivity (Wildman–Crippen MR) is 157 cm³/mol. The summed E-state index contributed by atoms with van der Waals surface area (Å²) in [6, 6.07) is 12.3. The molecular weight excluding hydrogens is 468 g/mol. The normalized spacial score (nSPS) is 11.1. The summed E-state index contributed by atoms with van der Waals surface area (Å²) >= 11 is 0. The van der Waals surface area contributed by atoms with Gasteiger partial charge in [-0.1, -0.05) is 20.8 Å². The summed E-state index contributed by atoms with van der Waals surface area (Å²) in [5.41, 5.74) is 25.2. The smallest absolute Gasteiger partial charge is 0.277 e. The number of nitrogens with two attached hydrogens (primary N) is 2. The largest absolute Gasteiger partial charge is 0.366 e. The fourth-order valence-electron chi connectivity index (χ4n) is 5.57. The van der Waals surface area contributed by atoms with E-state index in [2.05, 4.69) is 92.7 Å². The lowest BCUT2D eigenvalue weighted by Crippen LogP contribution is -2.42. The van der Waals surface area contributed by atoms with Crippen molar-refractivity contribution in [2.45, 2.75) is 74.3 Å². The van der Waals surface area contributed by atoms with Crippen LogP contribution >= 0.6 is 0 Å². The van der Waals surface area contributed by atoms with Gasteiger partial charge in [0, 0.05) is 41.1 Å². The van der Waals surface area contributed by atoms with Crippen molar-refractivity contribution in [1.29, 1.82) is 0 Å². The third kappa shape index (κ3) is 5.21. The third-order valence-electron chi connectivity index (χ3n) is 7.21. The molecule has 0 bridgehead atoms. The second-order valence-electron chi connectivity index (χ2n) is 10.2. The van der Waals surface area contributed by atoms with Gasteiger partial charge in [0.25, 0.3) is 11.6 Å². The van der Waals surface area contributed by atoms with Gasteiger partial charge in [-0.05, 0) is 93.5 Å². The van der Waals surface area contributed by atoms with Crippen molar-refractivity contribution in [2.24, 2.45) is 0 Å². The minimum absolute atomic E-state index is 0.658. The van der Waals surface area contributed by atoms with E-state index in [0.29, 0.717) is 18.2 Å². The highest BCUT2D eigenvalue weighted by Crippen LogP contribution is 2.33. The van der Waals surface area contributed by atoms with Crippen LogP contribution in [-0.4, -0.2) is 4.98 Å². The van der Waals surface area contributed by atoms with Crippen LogP contribution in [-0.2, 0) is 25.8 Å². The van der Waals surface area contributed by atoms with Gasteiger partial charge in [-0.2, -0.15) is 9.13 Å². The fourth-order valence-corrected chi connectivity index (χ4v) is 5.57. The molecule has 0 fully saturated rings. The molecule has 0 saturated carbocycles. The molecule has 1 aromatic carbocycles. The minimum atomic E-state index is 0.658. The van der Waals surface area contributed by atoms with Crippen molar-refractivity contribution in [3.8, 4) is 11.4 Å². The zero-order valence-electron chi connectivity index (χ0n) is 23.9. The van der Waals surface area contributed by atoms with E-state index in [4.69, 9.17) is 16.5 Å². The highest BCUT2D eigenvalue weighted by Gasteiger charge is 2.30. The molecule has 4 rings (SSSR count). The number of nitrogens with one attached hydrogen (secondary N) is 1. The molecule has 4 aromatic rings. The van der Waals surface area contributed by atoms with E-state index in [1.165, 1.54) is 27.8 Å². The molecule has 3 heterocycles. The topological polar surface area (TPSA) is 84.7 Å². The Balaban J connectivity index is 2.09. The van der Waals surface area contributed by atoms with Gasteiger partial charge >= 0.3 is 0 Å². The van der Waals surface area contributed by atoms with Gasteiger partial charge in [-0.15, -0.1) is 0 Å². The summed E-state index contributed by atoms with van der Waals surface area (Å²) in [5.74, 6) is 2.32. The van der Waals surface area contributed by atoms with Crippen molar-refractivity contribution in [3.05, 3.63) is 93.4 Å². The van der Waals surface area contributed by atoms with Crippen LogP contribution in [0.3, 0.4) is 0 Å². The van der Waals surface area contributed by atoms with Crippen LogP contribution in [0.2, 0.25) is 0 Å². The van der Waals surface area contributed by atoms with Crippen LogP contribution in [0.4, 0.5) is 17.5 Å². The number of aromatic nitrogens is 3. The number of anilines is 3. The van der Waals surface area contributed by atoms with E-state index < -0.39 is 0 Å². The molecule has 0 aliphatic heterocycles. The second kappa shape index (κ2) is 11.2. The predicted octanol–water partition coefficient (Wildman–Crippen LogP) is 5.33. The molecule has 0 atom stereocenters. The molecule has 198 valence electrons. The number of rotatable bonds is 8. The Bertz CT molecular complexity index is 1390. The van der Waals surface area contributed by atoms with E-state index >= 15 is 0 Å². The Morgan fingerprint density at radius 2 is 1.16 bits per heavy atom. The lowest BCUT2D eigenvalue weighted by molar-refractivity contribution is -0.590. The van der Waals surface area contributed by atoms with Crippen LogP contribution in [0.5, 0.6) is 0 Å². The van der Waals surface area contributed by atoms with E-state index in [0.717, 1.165) is 53.3 Å². The molecule has 0 saturated heterocycles. The molecule has 0 aliphatic rings. The van der Waals surface area contributed by atoms with Crippen LogP contribution in [0, 0.1) is 27.7 Å². The van der Waals surface area contributed by atoms with Gasteiger partial charge in [0.05, 0.1) is 12.4 Å². The Morgan fingerprint density at radius 3 is 1.61 bits per heavy atom. The Hall–Kier alpha value is -3.93. The van der Waals surface area contributed by atoms with Gasteiger partial charge in [0.1, 0.15) is 17.2 Å². The molecule has 6 heteroatoms. The van der Waals surface area contributed by atoms with Gasteiger partial charge in [-0.25, -0.2) is 4.98 Å². The number of aryl methyl sites for hydroxylation is 4. The average molecular weight is 511 g/mol. The van der Waals surface area contributed by atoms with Gasteiger partial charge in [0.2, 0.25) is 0 Å². The lowest BCUT2D eigenvalue weighted by Gasteiger charge is -2.24. The molecular formula is C32H42N6+2. The van der Waals surface area contributed by atoms with Gasteiger partial charge in [-0.3, -0.25) is 11.5 Å². The molecule has 0 radical (unpaired) electrons. The summed E-state index contributed by atoms with van der Waals surface area (Å²) in [6.07, 6.45) is 6.89. The number of pyridine rings is 3. The maximum absolute atomic E-state index is 6.64. The summed E-state index contributed by atoms with van der Waals surface area (Å²) in [4.78, 5) is 4.74. The lowest BCUT2D eigenvalue weighted by atomic mass is 9.88. The number of nitrogen functional groups attached to an aromatic ring is 2. The monoisotopic (exact) mass is 510 g/mol. The first-order chi connectivity index (χ1) is 18.2. The summed E-state index contributed by atoms with van der Waals surface area (Å²) in [6.45, 7) is 15.7. The van der Waals surface area contributed by atoms with Gasteiger partial charge < -0.3 is 5.32 Å². The second-order valence-corrected chi connectivity index (χ2v) is 10.2. The quantitative estimate of drug-likeness (QED) is 0.280. The third-order valence-corrected chi connectivity index (χ3v) is 7.21. The summed E-state index contributed by atoms with van der Waals surface area (Å²) in [5, 5.41) is 3.65. The van der Waals surface area contributed by atoms with Crippen LogP contribution in [0.1, 0.15) is 65.4 Å². The average Bonchev–Trinajstić information content (AvgIpc) is 2.88. The first-order valence-corrected chi connectivity index (χ1v) is 13.6. The molecule has 0 amide bonds. The SMILES string of the molecule is CCc1c(CNc2cc(C)cc(C)n2)c(CC)c(-[n+]2cc(C)ccc2N)c(CC)c1-[n+]1cc(C)ccc1N. The molecule has 0 unspecified atom stereocenters. The van der Waals surface area contributed by atoms with Crippen molar-refractivity contribution >= 4 is 17.5 Å². The number of hydrogen-bond donors (Lipinski definition) is 3. The zero-order valence-corrected chi connectivity index (χ0v) is 23.9. The fraction of sp³-hybridized carbons (Fsp3) is 0.344. The first kappa shape index (κ1) is 27.1. The first-order valence-electron chi connectivity index (χ1n) is 13.6. The van der Waals surface area contributed by atoms with Crippen LogP contribution < -0.4 is 25.9 Å². The molecule has 0 spiro atoms. The number of benzene rings is 1. The minimum Gasteiger partial charge on any atom is -0.366 e. The zero-order chi connectivity index (χ0) is 27.6. The molecule has 3 aromatic heterocycles. The van der Waals surface area contributed by atoms with Crippen molar-refractivity contribution < 1.29 is 9.13 Å². The summed E-state index contributed by atoms with van der Waals surface area (Å²) in [7, 11) is 0. The van der Waals surface area contributed by atoms with Crippen molar-refractivity contribution in [3.63, 3.8) is 0 Å². The van der Waals surface area contributed by atoms with E-state index in [-0.39, 0.29) is 0 Å². The molecule has 6 nitrogen and oxygen atoms in total. The molecule has 0 aliphatic carbocycles. The Labute approximate surface area is 227 Å². The van der Waals surface area contributed by atoms with E-state index in [1.807, 2.05) is 19.1 Å². The van der Waals surface area contributed by atoms with Crippen molar-refractivity contribution in [1.82, 2.24) is 4.98 Å². The number of hydrogen-bond acceptors (Lipinski definition) is 4. The van der Waals surface area contributed by atoms with Gasteiger partial charge in [0.15, 0.2) is 0 Å². The highest BCUT2D eigenvalue weighted by atomic mass is 15.1. The summed E-state index contributed by atoms with van der Waals surface area (Å²) < 4.78 is 4.34. The Kier molecular flexibility index (Phi) is 8.00. The van der Waals surface area contributed by atoms with Crippen LogP contribution in [0.15, 0.2) is 48.8 Å². The molecule has 38 heavy (non-hydrogen) atoms. The Morgan fingerprint density at radius 1 is 0.658 bits per heavy atom. The van der Waals surface area contributed by atoms with Crippen LogP contribution in [0.25, 0.3) is 11.4 Å². The van der Waals surface area contributed by atoms with Crippen molar-refractivity contribution in [2.75, 3.05) is 16.8 Å².